The minimum Gasteiger partial charge on any atom is -1.00 e. The molecule has 0 radical (unpaired) electrons. The predicted molar refractivity (Wildman–Crippen MR) is 46.5 cm³/mol. The highest BCUT2D eigenvalue weighted by molar-refractivity contribution is 7.29. The molecular formula is C6H10BCl3N2. The second-order valence-electron chi connectivity index (χ2n) is 2.86. The minimum absolute atomic E-state index is 0. The molecule has 1 saturated heterocycles. The number of nitrogens with one attached hydrogen (secondary N) is 1. The van der Waals surface area contributed by atoms with E-state index in [0.717, 1.165) is 25.9 Å². The number of halogens is 3. The van der Waals surface area contributed by atoms with Gasteiger partial charge < -0.3 is 17.2 Å². The summed E-state index contributed by atoms with van der Waals surface area (Å²) in [6.45, 7) is 1.85. The molecule has 1 heterocycles. The molecule has 12 heavy (non-hydrogen) atoms. The van der Waals surface area contributed by atoms with E-state index in [2.05, 4.69) is 6.07 Å². The summed E-state index contributed by atoms with van der Waals surface area (Å²) in [4.78, 5) is 1.19. The molecule has 1 N–H and O–H groups in total. The fourth-order valence-corrected chi connectivity index (χ4v) is 1.77. The summed E-state index contributed by atoms with van der Waals surface area (Å²) in [6.07, 6.45) is 1.86. The van der Waals surface area contributed by atoms with Gasteiger partial charge in [-0.25, -0.2) is 0 Å². The first-order valence-electron chi connectivity index (χ1n) is 3.76. The van der Waals surface area contributed by atoms with Crippen LogP contribution in [0.3, 0.4) is 0 Å². The summed E-state index contributed by atoms with van der Waals surface area (Å²) < 4.78 is 0. The number of rotatable bonds is 1. The van der Waals surface area contributed by atoms with E-state index in [1.807, 2.05) is 0 Å². The molecule has 0 bridgehead atoms. The monoisotopic (exact) mass is 226 g/mol. The minimum atomic E-state index is -0.324. The van der Waals surface area contributed by atoms with Gasteiger partial charge in [-0.2, -0.15) is 5.26 Å². The van der Waals surface area contributed by atoms with Crippen molar-refractivity contribution < 1.29 is 17.2 Å². The lowest BCUT2D eigenvalue weighted by Gasteiger charge is -2.25. The number of piperidine rings is 1. The van der Waals surface area contributed by atoms with Gasteiger partial charge in [0.05, 0.1) is 25.1 Å². The van der Waals surface area contributed by atoms with Crippen LogP contribution in [0, 0.1) is 17.2 Å². The van der Waals surface area contributed by atoms with Crippen molar-refractivity contribution in [3.63, 3.8) is 0 Å². The Kier molecular flexibility index (Phi) is 6.12. The first kappa shape index (κ1) is 12.4. The van der Waals surface area contributed by atoms with E-state index in [-0.39, 0.29) is 24.0 Å². The van der Waals surface area contributed by atoms with Crippen LogP contribution in [0.4, 0.5) is 0 Å². The lowest BCUT2D eigenvalue weighted by Crippen LogP contribution is -3.17. The Bertz CT molecular complexity index is 163. The quantitative estimate of drug-likeness (QED) is 0.484. The van der Waals surface area contributed by atoms with Crippen molar-refractivity contribution in [1.29, 1.82) is 5.26 Å². The molecule has 0 aromatic carbocycles. The topological polar surface area (TPSA) is 28.2 Å². The molecule has 0 amide bonds. The van der Waals surface area contributed by atoms with Gasteiger partial charge in [-0.15, -0.1) is 0 Å². The Balaban J connectivity index is 0.00000121. The Labute approximate surface area is 89.1 Å². The van der Waals surface area contributed by atoms with Gasteiger partial charge in [0.15, 0.2) is 0 Å². The van der Waals surface area contributed by atoms with Gasteiger partial charge in [-0.05, 0) is 0 Å². The standard InChI is InChI=1S/C6H9BCl2N2.ClH/c8-7(9)11-3-1-6(5-10)2-4-11;/h6H,1-4H2;1H. The zero-order valence-electron chi connectivity index (χ0n) is 6.56. The molecule has 0 aromatic heterocycles. The van der Waals surface area contributed by atoms with E-state index in [4.69, 9.17) is 28.2 Å². The first-order chi connectivity index (χ1) is 5.24. The van der Waals surface area contributed by atoms with Crippen LogP contribution in [-0.2, 0) is 0 Å². The normalized spacial score (nSPS) is 28.4. The van der Waals surface area contributed by atoms with Gasteiger partial charge >= 0.3 is 5.68 Å². The number of quaternary nitrogens is 1. The fourth-order valence-electron chi connectivity index (χ4n) is 1.34. The van der Waals surface area contributed by atoms with Gasteiger partial charge in [0.2, 0.25) is 0 Å². The van der Waals surface area contributed by atoms with Crippen LogP contribution in [0.1, 0.15) is 12.8 Å². The van der Waals surface area contributed by atoms with Crippen molar-refractivity contribution in [2.24, 2.45) is 5.92 Å². The summed E-state index contributed by atoms with van der Waals surface area (Å²) in [5.41, 5.74) is -0.324. The summed E-state index contributed by atoms with van der Waals surface area (Å²) in [6, 6.07) is 2.26. The van der Waals surface area contributed by atoms with Crippen molar-refractivity contribution in [1.82, 2.24) is 0 Å². The lowest BCUT2D eigenvalue weighted by atomic mass is 9.96. The number of hydrogen-bond acceptors (Lipinski definition) is 1. The van der Waals surface area contributed by atoms with Gasteiger partial charge in [-0.3, -0.25) is 0 Å². The van der Waals surface area contributed by atoms with Crippen LogP contribution in [-0.4, -0.2) is 18.8 Å². The fraction of sp³-hybridized carbons (Fsp3) is 0.833. The molecule has 1 aliphatic rings. The number of nitrogens with zero attached hydrogens (tertiary/aromatic N) is 1. The zero-order valence-corrected chi connectivity index (χ0v) is 8.83. The second kappa shape index (κ2) is 5.93. The van der Waals surface area contributed by atoms with Crippen molar-refractivity contribution in [3.8, 4) is 6.07 Å². The second-order valence-corrected chi connectivity index (χ2v) is 3.96. The van der Waals surface area contributed by atoms with Crippen LogP contribution in [0.25, 0.3) is 0 Å². The van der Waals surface area contributed by atoms with E-state index in [9.17, 15) is 0 Å². The molecule has 6 heteroatoms. The maximum Gasteiger partial charge on any atom is 0.621 e. The summed E-state index contributed by atoms with van der Waals surface area (Å²) in [5.74, 6) is 0.228. The summed E-state index contributed by atoms with van der Waals surface area (Å²) >= 11 is 11.4. The number of hydrogen-bond donors (Lipinski definition) is 1. The van der Waals surface area contributed by atoms with Crippen LogP contribution >= 0.6 is 22.9 Å². The van der Waals surface area contributed by atoms with E-state index in [0.29, 0.717) is 0 Å². The average molecular weight is 227 g/mol. The summed E-state index contributed by atoms with van der Waals surface area (Å²) in [5, 5.41) is 8.59. The highest BCUT2D eigenvalue weighted by Gasteiger charge is 2.30. The molecule has 0 unspecified atom stereocenters. The van der Waals surface area contributed by atoms with Crippen LogP contribution in [0.5, 0.6) is 0 Å². The van der Waals surface area contributed by atoms with E-state index < -0.39 is 0 Å². The first-order valence-corrected chi connectivity index (χ1v) is 4.63. The molecule has 0 aromatic rings. The third kappa shape index (κ3) is 3.41. The van der Waals surface area contributed by atoms with Crippen molar-refractivity contribution in [3.05, 3.63) is 0 Å². The highest BCUT2D eigenvalue weighted by atomic mass is 35.5. The lowest BCUT2D eigenvalue weighted by molar-refractivity contribution is -0.792. The van der Waals surface area contributed by atoms with Gasteiger partial charge in [0, 0.05) is 12.8 Å². The Hall–Kier alpha value is 0.385. The molecule has 0 aliphatic carbocycles. The van der Waals surface area contributed by atoms with Crippen LogP contribution in [0.2, 0.25) is 0 Å². The third-order valence-electron chi connectivity index (χ3n) is 2.12. The molecule has 1 aliphatic heterocycles. The van der Waals surface area contributed by atoms with Crippen molar-refractivity contribution in [2.75, 3.05) is 13.1 Å². The summed E-state index contributed by atoms with van der Waals surface area (Å²) in [7, 11) is 0. The zero-order chi connectivity index (χ0) is 8.27. The largest absolute Gasteiger partial charge is 1.00 e. The molecule has 68 valence electrons. The maximum atomic E-state index is 8.59. The van der Waals surface area contributed by atoms with Gasteiger partial charge in [0.1, 0.15) is 0 Å². The van der Waals surface area contributed by atoms with Gasteiger partial charge in [0.25, 0.3) is 0 Å². The molecule has 2 nitrogen and oxygen atoms in total. The maximum absolute atomic E-state index is 8.59. The van der Waals surface area contributed by atoms with E-state index >= 15 is 0 Å². The van der Waals surface area contributed by atoms with Crippen LogP contribution in [0.15, 0.2) is 0 Å². The van der Waals surface area contributed by atoms with Crippen LogP contribution < -0.4 is 17.2 Å². The highest BCUT2D eigenvalue weighted by Crippen LogP contribution is 2.07. The number of nitriles is 1. The van der Waals surface area contributed by atoms with Crippen molar-refractivity contribution in [2.45, 2.75) is 12.8 Å². The molecule has 0 atom stereocenters. The predicted octanol–water partition coefficient (Wildman–Crippen LogP) is -2.73. The Morgan fingerprint density at radius 1 is 1.33 bits per heavy atom. The van der Waals surface area contributed by atoms with E-state index in [1.165, 1.54) is 4.81 Å². The molecule has 1 rings (SSSR count). The molecule has 0 saturated carbocycles. The smallest absolute Gasteiger partial charge is 0.621 e. The van der Waals surface area contributed by atoms with Gasteiger partial charge in [-0.1, -0.05) is 22.9 Å². The van der Waals surface area contributed by atoms with Crippen molar-refractivity contribution >= 4 is 28.6 Å². The molecule has 1 fully saturated rings. The van der Waals surface area contributed by atoms with E-state index in [1.54, 1.807) is 0 Å². The average Bonchev–Trinajstić information content (AvgIpc) is 2.05. The Morgan fingerprint density at radius 2 is 1.83 bits per heavy atom. The SMILES string of the molecule is N#CC1CC[NH+](B(Cl)Cl)CC1.[Cl-]. The molecule has 0 spiro atoms. The Morgan fingerprint density at radius 3 is 2.17 bits per heavy atom. The molecular weight excluding hydrogens is 217 g/mol. The third-order valence-corrected chi connectivity index (χ3v) is 2.74.